The van der Waals surface area contributed by atoms with E-state index in [0.29, 0.717) is 11.7 Å². The number of carbonyl (C=O) groups is 1. The minimum atomic E-state index is -0.155. The van der Waals surface area contributed by atoms with Crippen LogP contribution in [-0.2, 0) is 23.2 Å². The molecule has 186 valence electrons. The van der Waals surface area contributed by atoms with E-state index in [9.17, 15) is 9.59 Å². The maximum atomic E-state index is 14.1. The van der Waals surface area contributed by atoms with Gasteiger partial charge in [0.1, 0.15) is 0 Å². The smallest absolute Gasteiger partial charge is 0.258 e. The predicted molar refractivity (Wildman–Crippen MR) is 148 cm³/mol. The summed E-state index contributed by atoms with van der Waals surface area (Å²) in [6.45, 7) is 8.29. The number of benzene rings is 2. The van der Waals surface area contributed by atoms with Crippen molar-refractivity contribution in [1.82, 2.24) is 9.55 Å². The number of hydrogen-bond acceptors (Lipinski definition) is 4. The Morgan fingerprint density at radius 2 is 1.92 bits per heavy atom. The molecule has 1 heterocycles. The zero-order valence-electron chi connectivity index (χ0n) is 21.1. The second-order valence-corrected chi connectivity index (χ2v) is 11.0. The molecule has 6 heteroatoms. The predicted octanol–water partition coefficient (Wildman–Crippen LogP) is 6.20. The molecule has 0 bridgehead atoms. The fourth-order valence-electron chi connectivity index (χ4n) is 5.82. The Morgan fingerprint density at radius 3 is 2.69 bits per heavy atom. The van der Waals surface area contributed by atoms with Crippen LogP contribution in [0.2, 0.25) is 0 Å². The van der Waals surface area contributed by atoms with Crippen LogP contribution in [0.15, 0.2) is 65.1 Å². The molecule has 2 aliphatic carbocycles. The van der Waals surface area contributed by atoms with E-state index >= 15 is 0 Å². The molecule has 3 aromatic rings. The Kier molecular flexibility index (Phi) is 6.89. The maximum absolute atomic E-state index is 14.1. The molecule has 0 radical (unpaired) electrons. The van der Waals surface area contributed by atoms with Crippen LogP contribution < -0.4 is 10.9 Å². The van der Waals surface area contributed by atoms with Crippen molar-refractivity contribution in [2.75, 3.05) is 11.1 Å². The van der Waals surface area contributed by atoms with E-state index in [4.69, 9.17) is 4.98 Å². The van der Waals surface area contributed by atoms with E-state index in [2.05, 4.69) is 30.1 Å². The van der Waals surface area contributed by atoms with Crippen molar-refractivity contribution in [2.24, 2.45) is 0 Å². The third-order valence-corrected chi connectivity index (χ3v) is 8.78. The number of allylic oxidation sites excluding steroid dienone is 1. The fourth-order valence-corrected chi connectivity index (χ4v) is 6.63. The lowest BCUT2D eigenvalue weighted by molar-refractivity contribution is -0.113. The van der Waals surface area contributed by atoms with E-state index < -0.39 is 0 Å². The lowest BCUT2D eigenvalue weighted by Gasteiger charge is -2.42. The van der Waals surface area contributed by atoms with Crippen molar-refractivity contribution in [3.63, 3.8) is 0 Å². The number of amides is 1. The third-order valence-electron chi connectivity index (χ3n) is 7.80. The first-order chi connectivity index (χ1) is 17.4. The Morgan fingerprint density at radius 1 is 1.14 bits per heavy atom. The van der Waals surface area contributed by atoms with Crippen LogP contribution in [0, 0.1) is 13.8 Å². The molecule has 0 saturated heterocycles. The molecule has 0 atom stereocenters. The first-order valence-electron chi connectivity index (χ1n) is 12.8. The Labute approximate surface area is 217 Å². The monoisotopic (exact) mass is 499 g/mol. The summed E-state index contributed by atoms with van der Waals surface area (Å²) in [6.07, 6.45) is 8.16. The lowest BCUT2D eigenvalue weighted by Crippen LogP contribution is -2.43. The van der Waals surface area contributed by atoms with Crippen molar-refractivity contribution in [1.29, 1.82) is 0 Å². The molecule has 1 fully saturated rings. The second kappa shape index (κ2) is 10.1. The summed E-state index contributed by atoms with van der Waals surface area (Å²) in [5.74, 6) is 0.0534. The first-order valence-corrected chi connectivity index (χ1v) is 13.8. The highest BCUT2D eigenvalue weighted by Gasteiger charge is 2.43. The molecule has 2 aliphatic rings. The van der Waals surface area contributed by atoms with Gasteiger partial charge < -0.3 is 5.32 Å². The Balaban J connectivity index is 1.53. The van der Waals surface area contributed by atoms with Gasteiger partial charge in [-0.25, -0.2) is 4.98 Å². The summed E-state index contributed by atoms with van der Waals surface area (Å²) in [7, 11) is 0. The van der Waals surface area contributed by atoms with Crippen molar-refractivity contribution in [2.45, 2.75) is 69.5 Å². The number of anilines is 1. The molecule has 1 saturated carbocycles. The molecule has 5 nitrogen and oxygen atoms in total. The van der Waals surface area contributed by atoms with Gasteiger partial charge >= 0.3 is 0 Å². The summed E-state index contributed by atoms with van der Waals surface area (Å²) in [4.78, 5) is 32.0. The average Bonchev–Trinajstić information content (AvgIpc) is 2.87. The summed E-state index contributed by atoms with van der Waals surface area (Å²) >= 11 is 1.31. The number of nitrogens with one attached hydrogen (secondary N) is 1. The summed E-state index contributed by atoms with van der Waals surface area (Å²) < 4.78 is 1.71. The minimum Gasteiger partial charge on any atom is -0.325 e. The molecule has 36 heavy (non-hydrogen) atoms. The number of fused-ring (bicyclic) bond motifs is 4. The molecule has 5 rings (SSSR count). The van der Waals surface area contributed by atoms with Gasteiger partial charge in [-0.3, -0.25) is 14.2 Å². The quantitative estimate of drug-likeness (QED) is 0.249. The maximum Gasteiger partial charge on any atom is 0.258 e. The van der Waals surface area contributed by atoms with E-state index in [1.54, 1.807) is 10.6 Å². The summed E-state index contributed by atoms with van der Waals surface area (Å²) in [5, 5.41) is 3.58. The number of rotatable bonds is 6. The highest BCUT2D eigenvalue weighted by molar-refractivity contribution is 7.99. The van der Waals surface area contributed by atoms with Gasteiger partial charge in [0.05, 0.1) is 17.0 Å². The van der Waals surface area contributed by atoms with Crippen LogP contribution in [0.25, 0.3) is 11.3 Å². The van der Waals surface area contributed by atoms with Crippen LogP contribution in [0.4, 0.5) is 5.69 Å². The van der Waals surface area contributed by atoms with Crippen molar-refractivity contribution >= 4 is 23.4 Å². The molecule has 1 spiro atoms. The third kappa shape index (κ3) is 4.43. The molecule has 0 aliphatic heterocycles. The van der Waals surface area contributed by atoms with Crippen LogP contribution >= 0.6 is 11.8 Å². The van der Waals surface area contributed by atoms with Gasteiger partial charge in [-0.2, -0.15) is 0 Å². The van der Waals surface area contributed by atoms with Gasteiger partial charge in [0.15, 0.2) is 5.16 Å². The van der Waals surface area contributed by atoms with Gasteiger partial charge in [0.25, 0.3) is 5.56 Å². The van der Waals surface area contributed by atoms with E-state index in [-0.39, 0.29) is 22.6 Å². The van der Waals surface area contributed by atoms with Crippen LogP contribution in [0.5, 0.6) is 0 Å². The van der Waals surface area contributed by atoms with Gasteiger partial charge in [-0.05, 0) is 55.9 Å². The lowest BCUT2D eigenvalue weighted by atomic mass is 9.62. The number of aromatic nitrogens is 2. The number of hydrogen-bond donors (Lipinski definition) is 1. The van der Waals surface area contributed by atoms with Crippen molar-refractivity contribution in [3.05, 3.63) is 87.7 Å². The average molecular weight is 500 g/mol. The SMILES string of the molecule is C=CCn1c(SCC(=O)Nc2cccc(C)c2C)nc2c(c1=O)C1(CCCCC1)Cc1ccccc1-2. The van der Waals surface area contributed by atoms with Gasteiger partial charge in [0, 0.05) is 23.2 Å². The normalized spacial score (nSPS) is 15.7. The van der Waals surface area contributed by atoms with Gasteiger partial charge in [-0.1, -0.05) is 73.5 Å². The Hall–Kier alpha value is -3.12. The highest BCUT2D eigenvalue weighted by Crippen LogP contribution is 2.48. The fraction of sp³-hybridized carbons (Fsp3) is 0.367. The van der Waals surface area contributed by atoms with Gasteiger partial charge in [-0.15, -0.1) is 6.58 Å². The van der Waals surface area contributed by atoms with Crippen LogP contribution in [0.3, 0.4) is 0 Å². The second-order valence-electron chi connectivity index (χ2n) is 10.1. The van der Waals surface area contributed by atoms with Crippen molar-refractivity contribution in [3.8, 4) is 11.3 Å². The zero-order valence-corrected chi connectivity index (χ0v) is 21.9. The first kappa shape index (κ1) is 24.6. The molecular weight excluding hydrogens is 466 g/mol. The van der Waals surface area contributed by atoms with Crippen LogP contribution in [-0.4, -0.2) is 21.2 Å². The van der Waals surface area contributed by atoms with E-state index in [1.165, 1.54) is 23.7 Å². The van der Waals surface area contributed by atoms with E-state index in [1.807, 2.05) is 38.1 Å². The molecule has 1 N–H and O–H groups in total. The standard InChI is InChI=1S/C30H33N3O2S/c1-4-17-33-28(35)26-27(23-13-7-6-12-22(23)18-30(26)15-8-5-9-16-30)32-29(33)36-19-25(34)31-24-14-10-11-20(2)21(24)3/h4,6-7,10-14H,1,5,8-9,15-19H2,2-3H3,(H,31,34). The van der Waals surface area contributed by atoms with E-state index in [0.717, 1.165) is 65.7 Å². The number of thioether (sulfide) groups is 1. The van der Waals surface area contributed by atoms with Crippen molar-refractivity contribution < 1.29 is 4.79 Å². The molecular formula is C30H33N3O2S. The number of carbonyl (C=O) groups excluding carboxylic acids is 1. The number of aryl methyl sites for hydroxylation is 1. The topological polar surface area (TPSA) is 64.0 Å². The molecule has 1 aromatic heterocycles. The van der Waals surface area contributed by atoms with Gasteiger partial charge in [0.2, 0.25) is 5.91 Å². The molecule has 0 unspecified atom stereocenters. The zero-order chi connectivity index (χ0) is 25.3. The summed E-state index contributed by atoms with van der Waals surface area (Å²) in [6, 6.07) is 14.2. The highest BCUT2D eigenvalue weighted by atomic mass is 32.2. The minimum absolute atomic E-state index is 0.0220. The largest absolute Gasteiger partial charge is 0.325 e. The molecule has 1 amide bonds. The van der Waals surface area contributed by atoms with Crippen LogP contribution in [0.1, 0.15) is 54.4 Å². The molecule has 2 aromatic carbocycles. The Bertz CT molecular complexity index is 1390. The number of nitrogens with zero attached hydrogens (tertiary/aromatic N) is 2. The summed E-state index contributed by atoms with van der Waals surface area (Å²) in [5.41, 5.74) is 6.86.